The summed E-state index contributed by atoms with van der Waals surface area (Å²) < 4.78 is 74.1. The van der Waals surface area contributed by atoms with Crippen LogP contribution in [0, 0.1) is 18.6 Å². The van der Waals surface area contributed by atoms with Crippen molar-refractivity contribution in [1.29, 1.82) is 0 Å². The molecule has 0 heterocycles. The highest BCUT2D eigenvalue weighted by Crippen LogP contribution is 2.40. The van der Waals surface area contributed by atoms with Crippen molar-refractivity contribution < 1.29 is 31.5 Å². The molecule has 2 aromatic carbocycles. The standard InChI is InChI=1S/C19H18F5NO2/c1-3-27-15(26)9-14(25)16-17(20)12(11-7-5-4-6-10(11)2)8-13(18(16)21)19(22,23)24/h4-8,14H,3,9,25H2,1-2H3/t14-/m0/s1. The number of carbonyl (C=O) groups is 1. The molecule has 0 spiro atoms. The summed E-state index contributed by atoms with van der Waals surface area (Å²) >= 11 is 0. The van der Waals surface area contributed by atoms with Gasteiger partial charge in [-0.25, -0.2) is 8.78 Å². The molecule has 8 heteroatoms. The number of hydrogen-bond acceptors (Lipinski definition) is 3. The van der Waals surface area contributed by atoms with E-state index in [0.717, 1.165) is 0 Å². The van der Waals surface area contributed by atoms with Crippen molar-refractivity contribution >= 4 is 5.97 Å². The minimum absolute atomic E-state index is 0.00751. The second kappa shape index (κ2) is 8.04. The first-order valence-electron chi connectivity index (χ1n) is 8.14. The number of esters is 1. The number of carbonyl (C=O) groups excluding carboxylic acids is 1. The molecule has 0 aliphatic heterocycles. The lowest BCUT2D eigenvalue weighted by Gasteiger charge is -2.20. The molecule has 146 valence electrons. The molecule has 0 bridgehead atoms. The van der Waals surface area contributed by atoms with Crippen molar-refractivity contribution in [3.63, 3.8) is 0 Å². The average Bonchev–Trinajstić information content (AvgIpc) is 2.55. The van der Waals surface area contributed by atoms with Gasteiger partial charge in [0, 0.05) is 17.2 Å². The van der Waals surface area contributed by atoms with Gasteiger partial charge >= 0.3 is 12.1 Å². The molecule has 1 atom stereocenters. The van der Waals surface area contributed by atoms with Gasteiger partial charge in [-0.1, -0.05) is 24.3 Å². The van der Waals surface area contributed by atoms with E-state index in [1.54, 1.807) is 19.1 Å². The Balaban J connectivity index is 2.70. The SMILES string of the molecule is CCOC(=O)C[C@H](N)c1c(F)c(-c2ccccc2C)cc(C(F)(F)F)c1F. The molecule has 2 N–H and O–H groups in total. The fraction of sp³-hybridized carbons (Fsp3) is 0.316. The van der Waals surface area contributed by atoms with Crippen molar-refractivity contribution in [1.82, 2.24) is 0 Å². The number of hydrogen-bond donors (Lipinski definition) is 1. The van der Waals surface area contributed by atoms with Crippen LogP contribution in [0.3, 0.4) is 0 Å². The van der Waals surface area contributed by atoms with Gasteiger partial charge in [-0.05, 0) is 31.0 Å². The maximum absolute atomic E-state index is 15.0. The van der Waals surface area contributed by atoms with Crippen molar-refractivity contribution in [2.24, 2.45) is 5.73 Å². The van der Waals surface area contributed by atoms with Crippen molar-refractivity contribution in [3.05, 3.63) is 58.7 Å². The summed E-state index contributed by atoms with van der Waals surface area (Å²) in [4.78, 5) is 11.6. The maximum atomic E-state index is 15.0. The largest absolute Gasteiger partial charge is 0.466 e. The Morgan fingerprint density at radius 3 is 2.33 bits per heavy atom. The lowest BCUT2D eigenvalue weighted by molar-refractivity contribution is -0.143. The van der Waals surface area contributed by atoms with Crippen LogP contribution in [0.25, 0.3) is 11.1 Å². The highest BCUT2D eigenvalue weighted by molar-refractivity contribution is 5.72. The summed E-state index contributed by atoms with van der Waals surface area (Å²) in [6, 6.07) is 4.97. The molecular weight excluding hydrogens is 369 g/mol. The van der Waals surface area contributed by atoms with Crippen molar-refractivity contribution in [2.45, 2.75) is 32.5 Å². The zero-order chi connectivity index (χ0) is 20.4. The van der Waals surface area contributed by atoms with E-state index in [1.165, 1.54) is 19.1 Å². The first-order chi connectivity index (χ1) is 12.6. The number of halogens is 5. The molecule has 0 amide bonds. The third-order valence-electron chi connectivity index (χ3n) is 4.04. The molecule has 0 aromatic heterocycles. The number of benzene rings is 2. The Hall–Kier alpha value is -2.48. The summed E-state index contributed by atoms with van der Waals surface area (Å²) in [6.07, 6.45) is -5.72. The van der Waals surface area contributed by atoms with Crippen LogP contribution in [-0.4, -0.2) is 12.6 Å². The third-order valence-corrected chi connectivity index (χ3v) is 4.04. The first-order valence-corrected chi connectivity index (χ1v) is 8.14. The van der Waals surface area contributed by atoms with Crippen LogP contribution in [0.15, 0.2) is 30.3 Å². The summed E-state index contributed by atoms with van der Waals surface area (Å²) in [6.45, 7) is 3.11. The number of ether oxygens (including phenoxy) is 1. The predicted molar refractivity (Wildman–Crippen MR) is 89.7 cm³/mol. The zero-order valence-corrected chi connectivity index (χ0v) is 14.7. The van der Waals surface area contributed by atoms with Crippen LogP contribution in [0.2, 0.25) is 0 Å². The molecule has 0 aliphatic carbocycles. The van der Waals surface area contributed by atoms with E-state index in [-0.39, 0.29) is 12.2 Å². The van der Waals surface area contributed by atoms with Crippen LogP contribution in [0.4, 0.5) is 22.0 Å². The summed E-state index contributed by atoms with van der Waals surface area (Å²) in [7, 11) is 0. The molecule has 2 rings (SSSR count). The first kappa shape index (κ1) is 20.8. The highest BCUT2D eigenvalue weighted by Gasteiger charge is 2.38. The second-order valence-corrected chi connectivity index (χ2v) is 5.94. The van der Waals surface area contributed by atoms with E-state index in [9.17, 15) is 22.4 Å². The van der Waals surface area contributed by atoms with Gasteiger partial charge in [-0.3, -0.25) is 4.79 Å². The molecular formula is C19H18F5NO2. The lowest BCUT2D eigenvalue weighted by Crippen LogP contribution is -2.22. The average molecular weight is 387 g/mol. The topological polar surface area (TPSA) is 52.3 Å². The molecule has 0 saturated heterocycles. The van der Waals surface area contributed by atoms with E-state index in [2.05, 4.69) is 4.74 Å². The summed E-state index contributed by atoms with van der Waals surface area (Å²) in [5.41, 5.74) is 3.28. The fourth-order valence-corrected chi connectivity index (χ4v) is 2.76. The van der Waals surface area contributed by atoms with Crippen LogP contribution in [0.5, 0.6) is 0 Å². The fourth-order valence-electron chi connectivity index (χ4n) is 2.76. The number of nitrogens with two attached hydrogens (primary N) is 1. The van der Waals surface area contributed by atoms with Gasteiger partial charge in [-0.15, -0.1) is 0 Å². The van der Waals surface area contributed by atoms with E-state index in [0.29, 0.717) is 11.6 Å². The number of rotatable bonds is 5. The van der Waals surface area contributed by atoms with Gasteiger partial charge in [0.15, 0.2) is 0 Å². The van der Waals surface area contributed by atoms with E-state index < -0.39 is 52.9 Å². The lowest BCUT2D eigenvalue weighted by atomic mass is 9.91. The van der Waals surface area contributed by atoms with E-state index in [1.807, 2.05) is 0 Å². The number of aryl methyl sites for hydroxylation is 1. The maximum Gasteiger partial charge on any atom is 0.419 e. The third kappa shape index (κ3) is 4.44. The highest BCUT2D eigenvalue weighted by atomic mass is 19.4. The Morgan fingerprint density at radius 2 is 1.78 bits per heavy atom. The Morgan fingerprint density at radius 1 is 1.15 bits per heavy atom. The van der Waals surface area contributed by atoms with Crippen molar-refractivity contribution in [3.8, 4) is 11.1 Å². The van der Waals surface area contributed by atoms with Crippen LogP contribution >= 0.6 is 0 Å². The summed E-state index contributed by atoms with van der Waals surface area (Å²) in [5, 5.41) is 0. The van der Waals surface area contributed by atoms with Gasteiger partial charge < -0.3 is 10.5 Å². The van der Waals surface area contributed by atoms with Crippen molar-refractivity contribution in [2.75, 3.05) is 6.61 Å². The minimum Gasteiger partial charge on any atom is -0.466 e. The predicted octanol–water partition coefficient (Wildman–Crippen LogP) is 4.91. The van der Waals surface area contributed by atoms with Crippen LogP contribution in [-0.2, 0) is 15.7 Å². The Kier molecular flexibility index (Phi) is 6.20. The molecule has 27 heavy (non-hydrogen) atoms. The van der Waals surface area contributed by atoms with Gasteiger partial charge in [0.25, 0.3) is 0 Å². The van der Waals surface area contributed by atoms with Gasteiger partial charge in [0.2, 0.25) is 0 Å². The van der Waals surface area contributed by atoms with E-state index >= 15 is 4.39 Å². The van der Waals surface area contributed by atoms with Gasteiger partial charge in [-0.2, -0.15) is 13.2 Å². The van der Waals surface area contributed by atoms with Crippen LogP contribution < -0.4 is 5.73 Å². The number of alkyl halides is 3. The molecule has 0 fully saturated rings. The normalized spacial score (nSPS) is 12.7. The molecule has 0 aliphatic rings. The molecule has 3 nitrogen and oxygen atoms in total. The quantitative estimate of drug-likeness (QED) is 0.586. The molecule has 0 unspecified atom stereocenters. The molecule has 0 saturated carbocycles. The van der Waals surface area contributed by atoms with E-state index in [4.69, 9.17) is 5.73 Å². The summed E-state index contributed by atoms with van der Waals surface area (Å²) in [5.74, 6) is -3.92. The zero-order valence-electron chi connectivity index (χ0n) is 14.7. The smallest absolute Gasteiger partial charge is 0.419 e. The monoisotopic (exact) mass is 387 g/mol. The molecule has 0 radical (unpaired) electrons. The van der Waals surface area contributed by atoms with Crippen LogP contribution in [0.1, 0.15) is 36.1 Å². The Bertz CT molecular complexity index is 849. The molecule has 2 aromatic rings. The Labute approximate surface area is 152 Å². The van der Waals surface area contributed by atoms with Gasteiger partial charge in [0.1, 0.15) is 11.6 Å². The minimum atomic E-state index is -5.06. The second-order valence-electron chi connectivity index (χ2n) is 5.94. The van der Waals surface area contributed by atoms with Gasteiger partial charge in [0.05, 0.1) is 18.6 Å².